The number of rotatable bonds is 5. The maximum atomic E-state index is 11.7. The van der Waals surface area contributed by atoms with Crippen LogP contribution in [0.3, 0.4) is 0 Å². The summed E-state index contributed by atoms with van der Waals surface area (Å²) in [6.07, 6.45) is 2.71. The standard InChI is InChI=1S/C14H15Cl2NO3/c1-14(2,8-13(19)20)17-12(18)4-3-9-5-10(15)7-11(16)6-9/h3-7H,8H2,1-2H3,(H,17,18)(H,19,20). The summed E-state index contributed by atoms with van der Waals surface area (Å²) in [6.45, 7) is 3.28. The average Bonchev–Trinajstić information content (AvgIpc) is 2.22. The molecule has 0 saturated heterocycles. The first-order chi connectivity index (χ1) is 9.18. The van der Waals surface area contributed by atoms with E-state index < -0.39 is 11.5 Å². The van der Waals surface area contributed by atoms with Crippen molar-refractivity contribution in [1.82, 2.24) is 5.32 Å². The van der Waals surface area contributed by atoms with E-state index in [1.807, 2.05) is 0 Å². The normalized spacial score (nSPS) is 11.6. The summed E-state index contributed by atoms with van der Waals surface area (Å²) in [4.78, 5) is 22.4. The van der Waals surface area contributed by atoms with Crippen LogP contribution in [0, 0.1) is 0 Å². The Kier molecular flexibility index (Phi) is 5.60. The van der Waals surface area contributed by atoms with Gasteiger partial charge in [0, 0.05) is 21.7 Å². The van der Waals surface area contributed by atoms with Gasteiger partial charge in [-0.15, -0.1) is 0 Å². The molecule has 0 radical (unpaired) electrons. The van der Waals surface area contributed by atoms with Crippen LogP contribution in [0.1, 0.15) is 25.8 Å². The summed E-state index contributed by atoms with van der Waals surface area (Å²) in [5.74, 6) is -1.35. The number of amides is 1. The highest BCUT2D eigenvalue weighted by molar-refractivity contribution is 6.34. The molecule has 0 aliphatic carbocycles. The molecule has 0 unspecified atom stereocenters. The lowest BCUT2D eigenvalue weighted by atomic mass is 10.0. The molecule has 108 valence electrons. The van der Waals surface area contributed by atoms with Gasteiger partial charge in [0.25, 0.3) is 0 Å². The zero-order chi connectivity index (χ0) is 15.3. The maximum absolute atomic E-state index is 11.7. The third-order valence-corrected chi connectivity index (χ3v) is 2.80. The predicted molar refractivity (Wildman–Crippen MR) is 80.0 cm³/mol. The highest BCUT2D eigenvalue weighted by Gasteiger charge is 2.22. The molecule has 0 saturated carbocycles. The van der Waals surface area contributed by atoms with Crippen molar-refractivity contribution in [3.05, 3.63) is 39.9 Å². The Morgan fingerprint density at radius 3 is 2.30 bits per heavy atom. The number of nitrogens with one attached hydrogen (secondary N) is 1. The second-order valence-electron chi connectivity index (χ2n) is 4.98. The first-order valence-corrected chi connectivity index (χ1v) is 6.62. The van der Waals surface area contributed by atoms with Gasteiger partial charge in [0.15, 0.2) is 0 Å². The summed E-state index contributed by atoms with van der Waals surface area (Å²) < 4.78 is 0. The Labute approximate surface area is 127 Å². The largest absolute Gasteiger partial charge is 0.481 e. The molecule has 0 spiro atoms. The summed E-state index contributed by atoms with van der Waals surface area (Å²) >= 11 is 11.7. The Balaban J connectivity index is 2.70. The van der Waals surface area contributed by atoms with Gasteiger partial charge in [0.2, 0.25) is 5.91 Å². The Morgan fingerprint density at radius 2 is 1.80 bits per heavy atom. The SMILES string of the molecule is CC(C)(CC(=O)O)NC(=O)C=Cc1cc(Cl)cc(Cl)c1. The minimum atomic E-state index is -0.971. The van der Waals surface area contributed by atoms with Gasteiger partial charge in [0.05, 0.1) is 6.42 Å². The number of carbonyl (C=O) groups is 2. The molecule has 4 nitrogen and oxygen atoms in total. The molecule has 0 atom stereocenters. The van der Waals surface area contributed by atoms with Crippen LogP contribution in [0.25, 0.3) is 6.08 Å². The van der Waals surface area contributed by atoms with Crippen LogP contribution in [0.2, 0.25) is 10.0 Å². The Hall–Kier alpha value is -1.52. The van der Waals surface area contributed by atoms with E-state index in [1.165, 1.54) is 6.08 Å². The molecule has 1 aromatic carbocycles. The molecular weight excluding hydrogens is 301 g/mol. The number of carboxylic acids is 1. The summed E-state index contributed by atoms with van der Waals surface area (Å²) in [7, 11) is 0. The summed E-state index contributed by atoms with van der Waals surface area (Å²) in [5, 5.41) is 12.3. The molecule has 0 heterocycles. The quantitative estimate of drug-likeness (QED) is 0.819. The van der Waals surface area contributed by atoms with Crippen molar-refractivity contribution in [1.29, 1.82) is 0 Å². The van der Waals surface area contributed by atoms with Gasteiger partial charge < -0.3 is 10.4 Å². The fourth-order valence-corrected chi connectivity index (χ4v) is 2.18. The molecule has 20 heavy (non-hydrogen) atoms. The summed E-state index contributed by atoms with van der Waals surface area (Å²) in [6, 6.07) is 4.93. The topological polar surface area (TPSA) is 66.4 Å². The van der Waals surface area contributed by atoms with Gasteiger partial charge >= 0.3 is 5.97 Å². The van der Waals surface area contributed by atoms with E-state index >= 15 is 0 Å². The third-order valence-electron chi connectivity index (χ3n) is 2.37. The van der Waals surface area contributed by atoms with Gasteiger partial charge in [0.1, 0.15) is 0 Å². The molecule has 0 aliphatic rings. The van der Waals surface area contributed by atoms with Crippen molar-refractivity contribution in [2.45, 2.75) is 25.8 Å². The van der Waals surface area contributed by atoms with Gasteiger partial charge in [-0.1, -0.05) is 23.2 Å². The van der Waals surface area contributed by atoms with E-state index in [-0.39, 0.29) is 12.3 Å². The van der Waals surface area contributed by atoms with Gasteiger partial charge in [-0.05, 0) is 43.7 Å². The number of benzene rings is 1. The molecule has 1 amide bonds. The van der Waals surface area contributed by atoms with Crippen molar-refractivity contribution >= 4 is 41.2 Å². The fourth-order valence-electron chi connectivity index (χ4n) is 1.64. The van der Waals surface area contributed by atoms with Crippen molar-refractivity contribution in [3.8, 4) is 0 Å². The van der Waals surface area contributed by atoms with E-state index in [9.17, 15) is 9.59 Å². The zero-order valence-electron chi connectivity index (χ0n) is 11.1. The first-order valence-electron chi connectivity index (χ1n) is 5.86. The summed E-state index contributed by atoms with van der Waals surface area (Å²) in [5.41, 5.74) is -0.132. The van der Waals surface area contributed by atoms with E-state index in [1.54, 1.807) is 38.1 Å². The van der Waals surface area contributed by atoms with Crippen LogP contribution in [-0.2, 0) is 9.59 Å². The van der Waals surface area contributed by atoms with Crippen LogP contribution < -0.4 is 5.32 Å². The molecule has 1 aromatic rings. The van der Waals surface area contributed by atoms with Crippen molar-refractivity contribution in [3.63, 3.8) is 0 Å². The zero-order valence-corrected chi connectivity index (χ0v) is 12.6. The number of aliphatic carboxylic acids is 1. The molecule has 6 heteroatoms. The Morgan fingerprint density at radius 1 is 1.25 bits per heavy atom. The van der Waals surface area contributed by atoms with E-state index in [2.05, 4.69) is 5.32 Å². The number of halogens is 2. The van der Waals surface area contributed by atoms with Crippen LogP contribution >= 0.6 is 23.2 Å². The van der Waals surface area contributed by atoms with Crippen LogP contribution in [0.4, 0.5) is 0 Å². The molecular formula is C14H15Cl2NO3. The number of hydrogen-bond acceptors (Lipinski definition) is 2. The number of carbonyl (C=O) groups excluding carboxylic acids is 1. The smallest absolute Gasteiger partial charge is 0.305 e. The second-order valence-corrected chi connectivity index (χ2v) is 5.85. The third kappa shape index (κ3) is 6.08. The molecule has 0 aromatic heterocycles. The van der Waals surface area contributed by atoms with E-state index in [0.29, 0.717) is 15.6 Å². The highest BCUT2D eigenvalue weighted by atomic mass is 35.5. The lowest BCUT2D eigenvalue weighted by Crippen LogP contribution is -2.44. The Bertz CT molecular complexity index is 533. The van der Waals surface area contributed by atoms with Gasteiger partial charge in [-0.3, -0.25) is 9.59 Å². The lowest BCUT2D eigenvalue weighted by molar-refractivity contribution is -0.138. The minimum absolute atomic E-state index is 0.157. The highest BCUT2D eigenvalue weighted by Crippen LogP contribution is 2.19. The molecule has 0 fully saturated rings. The van der Waals surface area contributed by atoms with Gasteiger partial charge in [-0.2, -0.15) is 0 Å². The monoisotopic (exact) mass is 315 g/mol. The minimum Gasteiger partial charge on any atom is -0.481 e. The molecule has 1 rings (SSSR count). The van der Waals surface area contributed by atoms with Crippen molar-refractivity contribution in [2.24, 2.45) is 0 Å². The predicted octanol–water partition coefficient (Wildman–Crippen LogP) is 3.38. The second kappa shape index (κ2) is 6.77. The molecule has 0 aliphatic heterocycles. The van der Waals surface area contributed by atoms with Crippen LogP contribution in [0.15, 0.2) is 24.3 Å². The molecule has 0 bridgehead atoms. The molecule has 2 N–H and O–H groups in total. The van der Waals surface area contributed by atoms with E-state index in [0.717, 1.165) is 0 Å². The van der Waals surface area contributed by atoms with Crippen molar-refractivity contribution < 1.29 is 14.7 Å². The first kappa shape index (κ1) is 16.5. The van der Waals surface area contributed by atoms with Crippen LogP contribution in [-0.4, -0.2) is 22.5 Å². The lowest BCUT2D eigenvalue weighted by Gasteiger charge is -2.23. The van der Waals surface area contributed by atoms with Gasteiger partial charge in [-0.25, -0.2) is 0 Å². The van der Waals surface area contributed by atoms with E-state index in [4.69, 9.17) is 28.3 Å². The number of carboxylic acid groups (broad SMARTS) is 1. The van der Waals surface area contributed by atoms with Crippen LogP contribution in [0.5, 0.6) is 0 Å². The van der Waals surface area contributed by atoms with Crippen molar-refractivity contribution in [2.75, 3.05) is 0 Å². The maximum Gasteiger partial charge on any atom is 0.305 e. The number of hydrogen-bond donors (Lipinski definition) is 2. The average molecular weight is 316 g/mol. The fraction of sp³-hybridized carbons (Fsp3) is 0.286.